The van der Waals surface area contributed by atoms with E-state index in [9.17, 15) is 14.4 Å². The number of carboxylic acids is 1. The molecule has 1 saturated carbocycles. The summed E-state index contributed by atoms with van der Waals surface area (Å²) in [4.78, 5) is 59.2. The first kappa shape index (κ1) is 30.0. The van der Waals surface area contributed by atoms with E-state index in [2.05, 4.69) is 41.0 Å². The van der Waals surface area contributed by atoms with Gasteiger partial charge in [0.05, 0.1) is 16.8 Å². The molecule has 1 aliphatic heterocycles. The van der Waals surface area contributed by atoms with Crippen LogP contribution in [-0.4, -0.2) is 79.5 Å². The minimum atomic E-state index is -0.865. The molecule has 0 spiro atoms. The number of amides is 3. The second kappa shape index (κ2) is 13.6. The van der Waals surface area contributed by atoms with Gasteiger partial charge in [0.25, 0.3) is 11.9 Å². The molecule has 0 saturated heterocycles. The highest BCUT2D eigenvalue weighted by Gasteiger charge is 2.37. The van der Waals surface area contributed by atoms with Crippen molar-refractivity contribution in [3.05, 3.63) is 51.2 Å². The van der Waals surface area contributed by atoms with E-state index >= 15 is 0 Å². The Labute approximate surface area is 243 Å². The fraction of sp³-hybridized carbons (Fsp3) is 0.440. The lowest BCUT2D eigenvalue weighted by molar-refractivity contribution is -0.136. The molecule has 41 heavy (non-hydrogen) atoms. The van der Waals surface area contributed by atoms with E-state index in [1.54, 1.807) is 6.07 Å². The van der Waals surface area contributed by atoms with Gasteiger partial charge in [-0.3, -0.25) is 19.2 Å². The summed E-state index contributed by atoms with van der Waals surface area (Å²) in [5.41, 5.74) is 0.956. The van der Waals surface area contributed by atoms with Gasteiger partial charge < -0.3 is 30.4 Å². The molecule has 0 bridgehead atoms. The minimum Gasteiger partial charge on any atom is -0.481 e. The van der Waals surface area contributed by atoms with E-state index < -0.39 is 29.9 Å². The molecule has 0 aromatic carbocycles. The van der Waals surface area contributed by atoms with Gasteiger partial charge in [-0.2, -0.15) is 0 Å². The molecule has 218 valence electrons. The van der Waals surface area contributed by atoms with Crippen LogP contribution >= 0.6 is 22.9 Å². The Morgan fingerprint density at radius 3 is 2.61 bits per heavy atom. The number of carbonyl (C=O) groups excluding carboxylic acids is 3. The van der Waals surface area contributed by atoms with Gasteiger partial charge in [-0.25, -0.2) is 9.97 Å². The molecule has 4 heterocycles. The number of hydrogen-bond acceptors (Lipinski definition) is 11. The van der Waals surface area contributed by atoms with Crippen LogP contribution in [0, 0.1) is 0 Å². The molecule has 14 nitrogen and oxygen atoms in total. The number of carbonyl (C=O) groups is 4. The largest absolute Gasteiger partial charge is 0.481 e. The molecule has 16 heteroatoms. The van der Waals surface area contributed by atoms with Crippen molar-refractivity contribution in [2.75, 3.05) is 18.9 Å². The summed E-state index contributed by atoms with van der Waals surface area (Å²) in [6, 6.07) is 2.09. The molecular formula is C25H29ClN8O6S. The Morgan fingerprint density at radius 1 is 1.15 bits per heavy atom. The van der Waals surface area contributed by atoms with Crippen molar-refractivity contribution in [1.29, 1.82) is 0 Å². The Hall–Kier alpha value is -3.95. The van der Waals surface area contributed by atoms with Crippen LogP contribution in [0.4, 0.5) is 5.82 Å². The van der Waals surface area contributed by atoms with Crippen LogP contribution in [-0.2, 0) is 27.3 Å². The van der Waals surface area contributed by atoms with Gasteiger partial charge in [-0.15, -0.1) is 21.5 Å². The van der Waals surface area contributed by atoms with Crippen molar-refractivity contribution in [3.63, 3.8) is 0 Å². The molecule has 3 aromatic heterocycles. The van der Waals surface area contributed by atoms with Gasteiger partial charge in [0.2, 0.25) is 12.3 Å². The monoisotopic (exact) mass is 604 g/mol. The first-order chi connectivity index (χ1) is 19.6. The van der Waals surface area contributed by atoms with Gasteiger partial charge >= 0.3 is 11.8 Å². The maximum absolute atomic E-state index is 13.2. The molecule has 5 rings (SSSR count). The number of hydrogen-bond donors (Lipinski definition) is 4. The fourth-order valence-corrected chi connectivity index (χ4v) is 5.80. The van der Waals surface area contributed by atoms with Crippen LogP contribution in [0.5, 0.6) is 0 Å². The first-order valence-corrected chi connectivity index (χ1v) is 14.0. The number of rotatable bonds is 5. The number of aliphatic carboxylic acids is 1. The highest BCUT2D eigenvalue weighted by molar-refractivity contribution is 7.13. The Bertz CT molecular complexity index is 1380. The molecule has 1 fully saturated rings. The normalized spacial score (nSPS) is 20.1. The van der Waals surface area contributed by atoms with E-state index in [1.807, 2.05) is 7.05 Å². The lowest BCUT2D eigenvalue weighted by Gasteiger charge is -2.35. The molecule has 4 N–H and O–H groups in total. The molecule has 1 aliphatic carbocycles. The molecule has 3 atom stereocenters. The molecule has 2 aliphatic rings. The minimum absolute atomic E-state index is 0.0915. The summed E-state index contributed by atoms with van der Waals surface area (Å²) < 4.78 is 5.39. The summed E-state index contributed by atoms with van der Waals surface area (Å²) in [6.07, 6.45) is 5.02. The van der Waals surface area contributed by atoms with Crippen LogP contribution < -0.4 is 16.0 Å². The van der Waals surface area contributed by atoms with E-state index in [-0.39, 0.29) is 17.6 Å². The number of halogens is 1. The maximum Gasteiger partial charge on any atom is 0.314 e. The number of aromatic nitrogens is 4. The van der Waals surface area contributed by atoms with Gasteiger partial charge in [0.1, 0.15) is 5.82 Å². The fourth-order valence-electron chi connectivity index (χ4n) is 4.59. The third kappa shape index (κ3) is 8.28. The van der Waals surface area contributed by atoms with Crippen molar-refractivity contribution >= 4 is 52.4 Å². The average Bonchev–Trinajstić information content (AvgIpc) is 3.61. The van der Waals surface area contributed by atoms with Crippen molar-refractivity contribution in [3.8, 4) is 0 Å². The predicted octanol–water partition coefficient (Wildman–Crippen LogP) is 1.84. The SMILES string of the molecule is CC(=O)O.CN1CCc2nc(C(=O)N[C@@H]3C[C@@H](c4nnco4)CC[C@@H]3NC(=O)C(=O)Nc3ccc(Cl)cn3)sc2C1. The first-order valence-electron chi connectivity index (χ1n) is 12.8. The van der Waals surface area contributed by atoms with Gasteiger partial charge in [-0.05, 0) is 38.4 Å². The highest BCUT2D eigenvalue weighted by atomic mass is 35.5. The highest BCUT2D eigenvalue weighted by Crippen LogP contribution is 2.33. The van der Waals surface area contributed by atoms with Crippen molar-refractivity contribution < 1.29 is 28.7 Å². The summed E-state index contributed by atoms with van der Waals surface area (Å²) in [5.74, 6) is -2.25. The van der Waals surface area contributed by atoms with E-state index in [0.717, 1.165) is 37.0 Å². The molecule has 3 amide bonds. The quantitative estimate of drug-likeness (QED) is 0.310. The lowest BCUT2D eigenvalue weighted by atomic mass is 9.82. The number of carboxylic acid groups (broad SMARTS) is 1. The van der Waals surface area contributed by atoms with Crippen LogP contribution in [0.15, 0.2) is 29.1 Å². The molecule has 0 radical (unpaired) electrons. The van der Waals surface area contributed by atoms with E-state index in [1.165, 1.54) is 30.0 Å². The summed E-state index contributed by atoms with van der Waals surface area (Å²) in [5, 5.41) is 24.2. The number of nitrogens with one attached hydrogen (secondary N) is 3. The topological polar surface area (TPSA) is 193 Å². The van der Waals surface area contributed by atoms with Crippen molar-refractivity contribution in [1.82, 2.24) is 35.7 Å². The van der Waals surface area contributed by atoms with Gasteiger partial charge in [-0.1, -0.05) is 11.6 Å². The molecule has 3 aromatic rings. The second-order valence-electron chi connectivity index (χ2n) is 9.66. The Morgan fingerprint density at radius 2 is 1.93 bits per heavy atom. The number of fused-ring (bicyclic) bond motifs is 1. The van der Waals surface area contributed by atoms with Crippen LogP contribution in [0.3, 0.4) is 0 Å². The van der Waals surface area contributed by atoms with Gasteiger partial charge in [0.15, 0.2) is 5.01 Å². The zero-order valence-electron chi connectivity index (χ0n) is 22.3. The number of nitrogens with zero attached hydrogens (tertiary/aromatic N) is 5. The van der Waals surface area contributed by atoms with Crippen molar-refractivity contribution in [2.24, 2.45) is 0 Å². The lowest BCUT2D eigenvalue weighted by Crippen LogP contribution is -2.56. The number of likely N-dealkylation sites (N-methyl/N-ethyl adjacent to an activating group) is 1. The molecular weight excluding hydrogens is 576 g/mol. The number of thiazole rings is 1. The third-order valence-corrected chi connectivity index (χ3v) is 7.81. The average molecular weight is 605 g/mol. The number of anilines is 1. The number of pyridine rings is 1. The summed E-state index contributed by atoms with van der Waals surface area (Å²) >= 11 is 7.20. The van der Waals surface area contributed by atoms with Crippen LogP contribution in [0.25, 0.3) is 0 Å². The Kier molecular flexibility index (Phi) is 9.96. The zero-order valence-corrected chi connectivity index (χ0v) is 23.9. The van der Waals surface area contributed by atoms with Crippen LogP contribution in [0.2, 0.25) is 5.02 Å². The maximum atomic E-state index is 13.2. The smallest absolute Gasteiger partial charge is 0.314 e. The third-order valence-electron chi connectivity index (χ3n) is 6.50. The van der Waals surface area contributed by atoms with E-state index in [0.29, 0.717) is 35.2 Å². The van der Waals surface area contributed by atoms with Crippen LogP contribution in [0.1, 0.15) is 58.4 Å². The van der Waals surface area contributed by atoms with Crippen molar-refractivity contribution in [2.45, 2.75) is 57.2 Å². The predicted molar refractivity (Wildman–Crippen MR) is 147 cm³/mol. The summed E-state index contributed by atoms with van der Waals surface area (Å²) in [7, 11) is 2.04. The zero-order chi connectivity index (χ0) is 29.5. The van der Waals surface area contributed by atoms with E-state index in [4.69, 9.17) is 25.9 Å². The Balaban J connectivity index is 0.000000909. The summed E-state index contributed by atoms with van der Waals surface area (Å²) in [6.45, 7) is 2.74. The molecule has 0 unspecified atom stereocenters. The van der Waals surface area contributed by atoms with Gasteiger partial charge in [0, 0.05) is 49.5 Å². The second-order valence-corrected chi connectivity index (χ2v) is 11.2. The standard InChI is InChI=1S/C23H25ClN8O4S.C2H4O2/c1-32-7-6-15-17(10-32)37-23(29-15)21(35)28-16-8-12(22-31-26-11-36-22)2-4-14(16)27-19(33)20(34)30-18-5-3-13(24)9-25-18;1-2(3)4/h3,5,9,11-12,14,16H,2,4,6-8,10H2,1H3,(H,27,33)(H,28,35)(H,25,30,34);1H3,(H,3,4)/t12-,14-,16+;/m0./s1.